The van der Waals surface area contributed by atoms with Crippen LogP contribution in [0, 0.1) is 23.2 Å². The maximum absolute atomic E-state index is 9.11. The summed E-state index contributed by atoms with van der Waals surface area (Å²) in [6.07, 6.45) is -0.105. The minimum Gasteiger partial charge on any atom is -0.455 e. The first kappa shape index (κ1) is 15.9. The quantitative estimate of drug-likeness (QED) is 0.698. The van der Waals surface area contributed by atoms with E-state index in [0.29, 0.717) is 6.42 Å². The molecule has 0 fully saturated rings. The molecule has 0 aliphatic carbocycles. The van der Waals surface area contributed by atoms with Crippen molar-refractivity contribution in [2.45, 2.75) is 26.6 Å². The molecule has 1 unspecified atom stereocenters. The molecule has 22 heavy (non-hydrogen) atoms. The lowest BCUT2D eigenvalue weighted by molar-refractivity contribution is -0.0539. The third-order valence-corrected chi connectivity index (χ3v) is 3.52. The number of hydrogen-bond acceptors (Lipinski definition) is 3. The van der Waals surface area contributed by atoms with Gasteiger partial charge >= 0.3 is 0 Å². The lowest BCUT2D eigenvalue weighted by atomic mass is 9.92. The van der Waals surface area contributed by atoms with Crippen LogP contribution in [0.1, 0.15) is 20.3 Å². The molecule has 1 atom stereocenters. The van der Waals surface area contributed by atoms with Crippen LogP contribution in [0.4, 0.5) is 0 Å². The molecule has 0 spiro atoms. The van der Waals surface area contributed by atoms with Crippen molar-refractivity contribution in [2.75, 3.05) is 0 Å². The van der Waals surface area contributed by atoms with Gasteiger partial charge in [0.15, 0.2) is 0 Å². The summed E-state index contributed by atoms with van der Waals surface area (Å²) in [5.41, 5.74) is 0. The molecule has 0 N–H and O–H groups in total. The summed E-state index contributed by atoms with van der Waals surface area (Å²) in [5, 5.41) is 9.11. The van der Waals surface area contributed by atoms with Crippen LogP contribution in [0.25, 0.3) is 0 Å². The monoisotopic (exact) mass is 295 g/mol. The average Bonchev–Trinajstić information content (AvgIpc) is 2.54. The van der Waals surface area contributed by atoms with Crippen molar-refractivity contribution in [3.05, 3.63) is 60.7 Å². The summed E-state index contributed by atoms with van der Waals surface area (Å²) < 4.78 is 12.0. The van der Waals surface area contributed by atoms with Gasteiger partial charge in [-0.25, -0.2) is 0 Å². The lowest BCUT2D eigenvalue weighted by Crippen LogP contribution is -2.35. The molecule has 2 aromatic rings. The molecule has 0 aliphatic rings. The predicted octanol–water partition coefficient (Wildman–Crippen LogP) is 4.66. The van der Waals surface area contributed by atoms with E-state index in [4.69, 9.17) is 14.7 Å². The summed E-state index contributed by atoms with van der Waals surface area (Å²) >= 11 is 0. The number of nitrogens with zero attached hydrogens (tertiary/aromatic N) is 1. The van der Waals surface area contributed by atoms with Gasteiger partial charge < -0.3 is 9.47 Å². The molecule has 0 aromatic heterocycles. The molecule has 0 saturated carbocycles. The van der Waals surface area contributed by atoms with Crippen LogP contribution in [-0.4, -0.2) is 6.29 Å². The third-order valence-electron chi connectivity index (χ3n) is 3.52. The molecule has 0 amide bonds. The Kier molecular flexibility index (Phi) is 5.85. The van der Waals surface area contributed by atoms with Crippen LogP contribution in [0.15, 0.2) is 60.7 Å². The van der Waals surface area contributed by atoms with Gasteiger partial charge in [0.25, 0.3) is 0 Å². The highest BCUT2D eigenvalue weighted by molar-refractivity contribution is 5.23. The van der Waals surface area contributed by atoms with Gasteiger partial charge in [0, 0.05) is 12.3 Å². The average molecular weight is 295 g/mol. The fourth-order valence-electron chi connectivity index (χ4n) is 2.22. The van der Waals surface area contributed by atoms with Crippen molar-refractivity contribution in [1.82, 2.24) is 0 Å². The van der Waals surface area contributed by atoms with Gasteiger partial charge in [0.2, 0.25) is 6.29 Å². The second kappa shape index (κ2) is 8.09. The topological polar surface area (TPSA) is 42.2 Å². The molecule has 3 heteroatoms. The van der Waals surface area contributed by atoms with Gasteiger partial charge in [-0.3, -0.25) is 0 Å². The Labute approximate surface area is 132 Å². The lowest BCUT2D eigenvalue weighted by Gasteiger charge is -2.29. The van der Waals surface area contributed by atoms with Crippen molar-refractivity contribution in [3.8, 4) is 17.6 Å². The Morgan fingerprint density at radius 3 is 1.68 bits per heavy atom. The first-order valence-corrected chi connectivity index (χ1v) is 7.51. The normalized spacial score (nSPS) is 12.0. The Bertz CT molecular complexity index is 548. The van der Waals surface area contributed by atoms with E-state index in [9.17, 15) is 0 Å². The third kappa shape index (κ3) is 4.53. The number of rotatable bonds is 7. The largest absolute Gasteiger partial charge is 0.455 e. The predicted molar refractivity (Wildman–Crippen MR) is 86.5 cm³/mol. The highest BCUT2D eigenvalue weighted by Gasteiger charge is 2.28. The summed E-state index contributed by atoms with van der Waals surface area (Å²) in [4.78, 5) is 0. The van der Waals surface area contributed by atoms with Gasteiger partial charge in [-0.15, -0.1) is 0 Å². The molecule has 0 aliphatic heterocycles. The fourth-order valence-corrected chi connectivity index (χ4v) is 2.22. The van der Waals surface area contributed by atoms with Crippen LogP contribution in [0.2, 0.25) is 0 Å². The van der Waals surface area contributed by atoms with Crippen molar-refractivity contribution in [1.29, 1.82) is 5.26 Å². The van der Waals surface area contributed by atoms with Crippen molar-refractivity contribution in [2.24, 2.45) is 11.8 Å². The fraction of sp³-hybridized carbons (Fsp3) is 0.316. The van der Waals surface area contributed by atoms with Crippen LogP contribution in [0.5, 0.6) is 11.5 Å². The van der Waals surface area contributed by atoms with Gasteiger partial charge in [-0.1, -0.05) is 50.2 Å². The summed E-state index contributed by atoms with van der Waals surface area (Å²) in [5.74, 6) is 1.75. The molecule has 0 radical (unpaired) electrons. The molecule has 114 valence electrons. The second-order valence-corrected chi connectivity index (χ2v) is 5.50. The van der Waals surface area contributed by atoms with E-state index in [1.54, 1.807) is 0 Å². The molecule has 0 saturated heterocycles. The standard InChI is InChI=1S/C19H21NO2/c1-15(2)18(13-14-20)19(21-16-9-5-3-6-10-16)22-17-11-7-4-8-12-17/h3-12,15,18-19H,13H2,1-2H3. The van der Waals surface area contributed by atoms with E-state index < -0.39 is 6.29 Å². The molecule has 2 rings (SSSR count). The zero-order valence-corrected chi connectivity index (χ0v) is 13.0. The van der Waals surface area contributed by atoms with E-state index in [1.165, 1.54) is 0 Å². The van der Waals surface area contributed by atoms with E-state index in [-0.39, 0.29) is 11.8 Å². The SMILES string of the molecule is CC(C)C(CC#N)C(Oc1ccccc1)Oc1ccccc1. The highest BCUT2D eigenvalue weighted by atomic mass is 16.7. The summed E-state index contributed by atoms with van der Waals surface area (Å²) in [7, 11) is 0. The smallest absolute Gasteiger partial charge is 0.245 e. The van der Waals surface area contributed by atoms with Gasteiger partial charge in [0.05, 0.1) is 6.07 Å². The first-order chi connectivity index (χ1) is 10.7. The summed E-state index contributed by atoms with van der Waals surface area (Å²) in [6, 6.07) is 21.4. The van der Waals surface area contributed by atoms with Crippen LogP contribution < -0.4 is 9.47 Å². The maximum atomic E-state index is 9.11. The van der Waals surface area contributed by atoms with Crippen LogP contribution in [-0.2, 0) is 0 Å². The molecule has 0 bridgehead atoms. The van der Waals surface area contributed by atoms with Gasteiger partial charge in [0.1, 0.15) is 11.5 Å². The van der Waals surface area contributed by atoms with Gasteiger partial charge in [-0.2, -0.15) is 5.26 Å². The Morgan fingerprint density at radius 2 is 1.32 bits per heavy atom. The minimum absolute atomic E-state index is 0.00888. The summed E-state index contributed by atoms with van der Waals surface area (Å²) in [6.45, 7) is 4.16. The molecule has 0 heterocycles. The molecular formula is C19H21NO2. The molecular weight excluding hydrogens is 274 g/mol. The zero-order valence-electron chi connectivity index (χ0n) is 13.0. The molecule has 2 aromatic carbocycles. The van der Waals surface area contributed by atoms with Crippen molar-refractivity contribution >= 4 is 0 Å². The van der Waals surface area contributed by atoms with E-state index in [1.807, 2.05) is 60.7 Å². The second-order valence-electron chi connectivity index (χ2n) is 5.50. The minimum atomic E-state index is -0.496. The van der Waals surface area contributed by atoms with Crippen molar-refractivity contribution < 1.29 is 9.47 Å². The van der Waals surface area contributed by atoms with Crippen molar-refractivity contribution in [3.63, 3.8) is 0 Å². The zero-order chi connectivity index (χ0) is 15.8. The number of para-hydroxylation sites is 2. The molecule has 3 nitrogen and oxygen atoms in total. The van der Waals surface area contributed by atoms with E-state index in [2.05, 4.69) is 19.9 Å². The number of hydrogen-bond donors (Lipinski definition) is 0. The van der Waals surface area contributed by atoms with E-state index in [0.717, 1.165) is 11.5 Å². The number of nitriles is 1. The first-order valence-electron chi connectivity index (χ1n) is 7.51. The van der Waals surface area contributed by atoms with Gasteiger partial charge in [-0.05, 0) is 30.2 Å². The number of ether oxygens (including phenoxy) is 2. The Hall–Kier alpha value is -2.47. The van der Waals surface area contributed by atoms with Crippen LogP contribution >= 0.6 is 0 Å². The Balaban J connectivity index is 2.21. The van der Waals surface area contributed by atoms with E-state index >= 15 is 0 Å². The number of benzene rings is 2. The van der Waals surface area contributed by atoms with Crippen LogP contribution in [0.3, 0.4) is 0 Å². The maximum Gasteiger partial charge on any atom is 0.245 e. The highest BCUT2D eigenvalue weighted by Crippen LogP contribution is 2.26. The Morgan fingerprint density at radius 1 is 0.864 bits per heavy atom.